The van der Waals surface area contributed by atoms with Crippen LogP contribution in [0.15, 0.2) is 22.8 Å². The Hall–Kier alpha value is -2.31. The van der Waals surface area contributed by atoms with Gasteiger partial charge in [0.2, 0.25) is 5.28 Å². The van der Waals surface area contributed by atoms with Crippen molar-refractivity contribution in [2.24, 2.45) is 10.7 Å². The number of alkyl halides is 2. The van der Waals surface area contributed by atoms with E-state index in [1.54, 1.807) is 0 Å². The van der Waals surface area contributed by atoms with Crippen LogP contribution in [0, 0.1) is 10.1 Å². The zero-order valence-electron chi connectivity index (χ0n) is 18.1. The van der Waals surface area contributed by atoms with E-state index in [1.165, 1.54) is 13.1 Å². The maximum atomic E-state index is 12.3. The Balaban J connectivity index is 1.93. The summed E-state index contributed by atoms with van der Waals surface area (Å²) in [6, 6.07) is -0.403. The van der Waals surface area contributed by atoms with Crippen LogP contribution in [0.4, 0.5) is 14.6 Å². The van der Waals surface area contributed by atoms with Crippen molar-refractivity contribution >= 4 is 34.7 Å². The first kappa shape index (κ1) is 26.9. The van der Waals surface area contributed by atoms with Crippen molar-refractivity contribution in [2.45, 2.75) is 70.8 Å². The van der Waals surface area contributed by atoms with Crippen LogP contribution in [0.1, 0.15) is 46.0 Å². The number of ether oxygens (including phenoxy) is 2. The number of hydrogen-bond donors (Lipinski definition) is 2. The minimum atomic E-state index is -2.81. The molecular formula is C19H26Cl2F2N6O4. The molecular weight excluding hydrogens is 485 g/mol. The Bertz CT molecular complexity index is 882. The first-order chi connectivity index (χ1) is 15.6. The number of allylic oxidation sites excluding steroid dienone is 1. The minimum Gasteiger partial charge on any atom is -0.474 e. The summed E-state index contributed by atoms with van der Waals surface area (Å²) in [5.74, 6) is 0.00147. The molecule has 0 spiro atoms. The van der Waals surface area contributed by atoms with Crippen LogP contribution in [0.3, 0.4) is 0 Å². The molecule has 0 bridgehead atoms. The third-order valence-electron chi connectivity index (χ3n) is 4.98. The van der Waals surface area contributed by atoms with E-state index in [-0.39, 0.29) is 35.6 Å². The molecule has 0 radical (unpaired) electrons. The lowest BCUT2D eigenvalue weighted by Crippen LogP contribution is -2.27. The minimum absolute atomic E-state index is 0.0398. The van der Waals surface area contributed by atoms with Crippen LogP contribution in [0.5, 0.6) is 0 Å². The van der Waals surface area contributed by atoms with Gasteiger partial charge in [-0.25, -0.2) is 4.98 Å². The van der Waals surface area contributed by atoms with Crippen molar-refractivity contribution in [3.8, 4) is 0 Å². The number of nitro groups is 1. The topological polar surface area (TPSA) is 138 Å². The zero-order chi connectivity index (χ0) is 24.5. The molecule has 3 N–H and O–H groups in total. The van der Waals surface area contributed by atoms with Gasteiger partial charge in [0.25, 0.3) is 5.88 Å². The molecule has 0 saturated heterocycles. The van der Waals surface area contributed by atoms with Gasteiger partial charge in [-0.15, -0.1) is 0 Å². The largest absolute Gasteiger partial charge is 0.474 e. The van der Waals surface area contributed by atoms with Crippen molar-refractivity contribution in [1.29, 1.82) is 0 Å². The van der Waals surface area contributed by atoms with Crippen LogP contribution in [-0.4, -0.2) is 52.0 Å². The van der Waals surface area contributed by atoms with E-state index in [0.29, 0.717) is 42.9 Å². The summed E-state index contributed by atoms with van der Waals surface area (Å²) in [6.45, 7) is 0.578. The standard InChI is InChI=1S/C19H26Cl2F2N6O4/c1-10(26-17-14(20)9-25-18(21)28-17)7-8-32-16(24)15(29(30)31)11(2)27-12-3-5-13(6-4-12)33-19(22)23/h9-10,12-13,19H,3-8,24H2,1-2H3,(H,25,26,28)/b16-15-,27-11?/t10-,12?,13?/m1/s1. The molecule has 10 nitrogen and oxygen atoms in total. The van der Waals surface area contributed by atoms with E-state index < -0.39 is 23.3 Å². The molecule has 1 atom stereocenters. The lowest BCUT2D eigenvalue weighted by molar-refractivity contribution is -0.418. The average molecular weight is 511 g/mol. The Kier molecular flexibility index (Phi) is 10.5. The van der Waals surface area contributed by atoms with Crippen LogP contribution in [0.2, 0.25) is 10.3 Å². The molecule has 0 aromatic carbocycles. The van der Waals surface area contributed by atoms with Gasteiger partial charge in [0.15, 0.2) is 0 Å². The SMILES string of the molecule is CC(=NC1CCC(OC(F)F)CC1)/C(=C(\N)OCC[C@@H](C)Nc1nc(Cl)ncc1Cl)[N+](=O)[O-]. The van der Waals surface area contributed by atoms with Gasteiger partial charge in [-0.3, -0.25) is 15.1 Å². The van der Waals surface area contributed by atoms with Gasteiger partial charge in [-0.1, -0.05) is 11.6 Å². The van der Waals surface area contributed by atoms with E-state index in [4.69, 9.17) is 33.7 Å². The average Bonchev–Trinajstić information content (AvgIpc) is 2.71. The van der Waals surface area contributed by atoms with Crippen molar-refractivity contribution in [3.63, 3.8) is 0 Å². The molecule has 0 aliphatic heterocycles. The predicted molar refractivity (Wildman–Crippen MR) is 120 cm³/mol. The van der Waals surface area contributed by atoms with Crippen LogP contribution in [-0.2, 0) is 9.47 Å². The highest BCUT2D eigenvalue weighted by Crippen LogP contribution is 2.26. The summed E-state index contributed by atoms with van der Waals surface area (Å²) in [5, 5.41) is 14.9. The van der Waals surface area contributed by atoms with E-state index >= 15 is 0 Å². The molecule has 0 unspecified atom stereocenters. The maximum Gasteiger partial charge on any atom is 0.348 e. The Morgan fingerprint density at radius 1 is 1.39 bits per heavy atom. The van der Waals surface area contributed by atoms with Crippen LogP contribution in [0.25, 0.3) is 0 Å². The van der Waals surface area contributed by atoms with Gasteiger partial charge in [0, 0.05) is 12.5 Å². The number of nitrogens with one attached hydrogen (secondary N) is 1. The lowest BCUT2D eigenvalue weighted by atomic mass is 9.93. The van der Waals surface area contributed by atoms with Crippen molar-refractivity contribution in [3.05, 3.63) is 38.2 Å². The highest BCUT2D eigenvalue weighted by atomic mass is 35.5. The second kappa shape index (κ2) is 12.8. The lowest BCUT2D eigenvalue weighted by Gasteiger charge is -2.26. The van der Waals surface area contributed by atoms with E-state index in [2.05, 4.69) is 25.0 Å². The molecule has 1 aliphatic carbocycles. The summed E-state index contributed by atoms with van der Waals surface area (Å²) >= 11 is 11.8. The summed E-state index contributed by atoms with van der Waals surface area (Å²) in [5.41, 5.74) is 5.53. The Labute approximate surface area is 199 Å². The molecule has 1 aliphatic rings. The molecule has 1 aromatic rings. The molecule has 2 rings (SSSR count). The number of nitrogens with zero attached hydrogens (tertiary/aromatic N) is 4. The molecule has 1 fully saturated rings. The molecule has 1 saturated carbocycles. The maximum absolute atomic E-state index is 12.3. The summed E-state index contributed by atoms with van der Waals surface area (Å²) in [7, 11) is 0. The van der Waals surface area contributed by atoms with Gasteiger partial charge in [0.1, 0.15) is 16.6 Å². The fraction of sp³-hybridized carbons (Fsp3) is 0.632. The number of aromatic nitrogens is 2. The number of hydrogen-bond acceptors (Lipinski definition) is 9. The van der Waals surface area contributed by atoms with Gasteiger partial charge < -0.3 is 20.5 Å². The fourth-order valence-electron chi connectivity index (χ4n) is 3.36. The smallest absolute Gasteiger partial charge is 0.348 e. The Morgan fingerprint density at radius 3 is 2.67 bits per heavy atom. The van der Waals surface area contributed by atoms with Crippen molar-refractivity contribution in [2.75, 3.05) is 11.9 Å². The van der Waals surface area contributed by atoms with Crippen molar-refractivity contribution in [1.82, 2.24) is 9.97 Å². The second-order valence-corrected chi connectivity index (χ2v) is 8.28. The number of aliphatic imine (C=N–C) groups is 1. The van der Waals surface area contributed by atoms with Gasteiger partial charge in [-0.05, 0) is 51.1 Å². The molecule has 0 amide bonds. The van der Waals surface area contributed by atoms with E-state index in [9.17, 15) is 18.9 Å². The molecule has 14 heteroatoms. The molecule has 33 heavy (non-hydrogen) atoms. The highest BCUT2D eigenvalue weighted by Gasteiger charge is 2.27. The second-order valence-electron chi connectivity index (χ2n) is 7.53. The van der Waals surface area contributed by atoms with Gasteiger partial charge in [-0.2, -0.15) is 13.8 Å². The van der Waals surface area contributed by atoms with E-state index in [1.807, 2.05) is 6.92 Å². The summed E-state index contributed by atoms with van der Waals surface area (Å²) < 4.78 is 34.6. The predicted octanol–water partition coefficient (Wildman–Crippen LogP) is 4.41. The zero-order valence-corrected chi connectivity index (χ0v) is 19.7. The molecule has 184 valence electrons. The fourth-order valence-corrected chi connectivity index (χ4v) is 3.64. The normalized spacial score (nSPS) is 20.9. The van der Waals surface area contributed by atoms with Crippen LogP contribution < -0.4 is 11.1 Å². The van der Waals surface area contributed by atoms with Gasteiger partial charge >= 0.3 is 12.3 Å². The third-order valence-corrected chi connectivity index (χ3v) is 5.44. The van der Waals surface area contributed by atoms with Gasteiger partial charge in [0.05, 0.1) is 29.9 Å². The van der Waals surface area contributed by atoms with Crippen molar-refractivity contribution < 1.29 is 23.2 Å². The summed E-state index contributed by atoms with van der Waals surface area (Å²) in [4.78, 5) is 23.0. The first-order valence-electron chi connectivity index (χ1n) is 10.3. The number of anilines is 1. The van der Waals surface area contributed by atoms with E-state index in [0.717, 1.165) is 0 Å². The monoisotopic (exact) mass is 510 g/mol. The number of rotatable bonds is 11. The number of nitrogens with two attached hydrogens (primary N) is 1. The third kappa shape index (κ3) is 8.86. The first-order valence-corrected chi connectivity index (χ1v) is 11.0. The number of halogens is 4. The quantitative estimate of drug-likeness (QED) is 0.147. The summed E-state index contributed by atoms with van der Waals surface area (Å²) in [6.07, 6.45) is 3.04. The van der Waals surface area contributed by atoms with Crippen LogP contribution >= 0.6 is 23.2 Å². The highest BCUT2D eigenvalue weighted by molar-refractivity contribution is 6.33. The molecule has 1 aromatic heterocycles. The Morgan fingerprint density at radius 2 is 2.06 bits per heavy atom. The molecule has 1 heterocycles.